The number of rotatable bonds is 5. The van der Waals surface area contributed by atoms with Gasteiger partial charge in [0.25, 0.3) is 0 Å². The fourth-order valence-corrected chi connectivity index (χ4v) is 3.51. The van der Waals surface area contributed by atoms with Crippen LogP contribution in [0.25, 0.3) is 10.2 Å². The molecule has 8 heteroatoms. The smallest absolute Gasteiger partial charge is 0.226 e. The fraction of sp³-hybridized carbons (Fsp3) is 0.438. The number of hydrogen-bond donors (Lipinski definition) is 2. The number of thiazole rings is 1. The Hall–Kier alpha value is -2.19. The molecular weight excluding hydrogens is 328 g/mol. The molecule has 0 saturated carbocycles. The van der Waals surface area contributed by atoms with Crippen LogP contribution in [0, 0.1) is 0 Å². The average molecular weight is 348 g/mol. The first kappa shape index (κ1) is 16.7. The van der Waals surface area contributed by atoms with E-state index in [-0.39, 0.29) is 18.2 Å². The predicted octanol–water partition coefficient (Wildman–Crippen LogP) is 1.60. The molecule has 2 heterocycles. The highest BCUT2D eigenvalue weighted by atomic mass is 32.1. The Morgan fingerprint density at radius 2 is 2.12 bits per heavy atom. The van der Waals surface area contributed by atoms with Gasteiger partial charge in [-0.2, -0.15) is 0 Å². The molecule has 3 rings (SSSR count). The van der Waals surface area contributed by atoms with Gasteiger partial charge in [-0.3, -0.25) is 9.59 Å². The minimum atomic E-state index is -0.135. The lowest BCUT2D eigenvalue weighted by Gasteiger charge is -2.25. The Balaban J connectivity index is 1.64. The Labute approximate surface area is 144 Å². The van der Waals surface area contributed by atoms with Crippen LogP contribution in [-0.2, 0) is 14.3 Å². The molecule has 0 spiro atoms. The lowest BCUT2D eigenvalue weighted by atomic mass is 10.3. The van der Waals surface area contributed by atoms with E-state index in [2.05, 4.69) is 20.5 Å². The summed E-state index contributed by atoms with van der Waals surface area (Å²) in [6.45, 7) is 4.93. The molecule has 1 aliphatic heterocycles. The summed E-state index contributed by atoms with van der Waals surface area (Å²) < 4.78 is 6.40. The number of amides is 2. The van der Waals surface area contributed by atoms with Crippen LogP contribution in [0.3, 0.4) is 0 Å². The van der Waals surface area contributed by atoms with E-state index in [9.17, 15) is 9.59 Å². The Bertz CT molecular complexity index is 740. The van der Waals surface area contributed by atoms with Crippen LogP contribution in [0.2, 0.25) is 0 Å². The number of fused-ring (bicyclic) bond motifs is 1. The van der Waals surface area contributed by atoms with E-state index in [1.54, 1.807) is 11.3 Å². The second kappa shape index (κ2) is 7.59. The fourth-order valence-electron chi connectivity index (χ4n) is 2.46. The third kappa shape index (κ3) is 4.21. The van der Waals surface area contributed by atoms with Crippen molar-refractivity contribution in [2.75, 3.05) is 43.1 Å². The summed E-state index contributed by atoms with van der Waals surface area (Å²) >= 11 is 1.62. The van der Waals surface area contributed by atoms with Gasteiger partial charge in [0.2, 0.25) is 11.8 Å². The number of carbonyl (C=O) groups excluding carboxylic acids is 2. The summed E-state index contributed by atoms with van der Waals surface area (Å²) in [6.07, 6.45) is 0.249. The molecular formula is C16H20N4O3S. The molecule has 1 aromatic heterocycles. The molecule has 0 unspecified atom stereocenters. The monoisotopic (exact) mass is 348 g/mol. The maximum atomic E-state index is 11.9. The van der Waals surface area contributed by atoms with Gasteiger partial charge in [-0.15, -0.1) is 0 Å². The van der Waals surface area contributed by atoms with Crippen molar-refractivity contribution in [3.63, 3.8) is 0 Å². The van der Waals surface area contributed by atoms with Crippen molar-refractivity contribution >= 4 is 44.2 Å². The van der Waals surface area contributed by atoms with Crippen LogP contribution in [-0.4, -0.2) is 49.6 Å². The quantitative estimate of drug-likeness (QED) is 0.857. The summed E-state index contributed by atoms with van der Waals surface area (Å²) in [4.78, 5) is 29.6. The number of benzene rings is 1. The number of anilines is 2. The highest BCUT2D eigenvalue weighted by molar-refractivity contribution is 7.22. The second-order valence-corrected chi connectivity index (χ2v) is 6.57. The molecule has 2 amide bonds. The van der Waals surface area contributed by atoms with Crippen molar-refractivity contribution in [1.82, 2.24) is 10.3 Å². The summed E-state index contributed by atoms with van der Waals surface area (Å²) in [5.74, 6) is -0.259. The highest BCUT2D eigenvalue weighted by Crippen LogP contribution is 2.31. The molecule has 2 N–H and O–H groups in total. The van der Waals surface area contributed by atoms with Crippen molar-refractivity contribution < 1.29 is 14.3 Å². The van der Waals surface area contributed by atoms with Gasteiger partial charge in [0.15, 0.2) is 5.13 Å². The van der Waals surface area contributed by atoms with Gasteiger partial charge < -0.3 is 20.3 Å². The van der Waals surface area contributed by atoms with Crippen LogP contribution in [0.4, 0.5) is 10.8 Å². The van der Waals surface area contributed by atoms with E-state index in [1.165, 1.54) is 6.92 Å². The van der Waals surface area contributed by atoms with E-state index in [0.717, 1.165) is 47.3 Å². The van der Waals surface area contributed by atoms with E-state index in [4.69, 9.17) is 4.74 Å². The van der Waals surface area contributed by atoms with E-state index < -0.39 is 0 Å². The molecule has 24 heavy (non-hydrogen) atoms. The van der Waals surface area contributed by atoms with Crippen molar-refractivity contribution in [2.24, 2.45) is 0 Å². The maximum Gasteiger partial charge on any atom is 0.226 e. The lowest BCUT2D eigenvalue weighted by molar-refractivity contribution is -0.119. The van der Waals surface area contributed by atoms with Crippen LogP contribution in [0.1, 0.15) is 13.3 Å². The van der Waals surface area contributed by atoms with Gasteiger partial charge in [0.1, 0.15) is 0 Å². The molecule has 0 atom stereocenters. The SMILES string of the molecule is CC(=O)NCCC(=O)Nc1ccc2nc(N3CCOCC3)sc2c1. The second-order valence-electron chi connectivity index (χ2n) is 5.56. The first-order valence-electron chi connectivity index (χ1n) is 7.89. The van der Waals surface area contributed by atoms with Crippen molar-refractivity contribution in [3.8, 4) is 0 Å². The number of nitrogens with one attached hydrogen (secondary N) is 2. The minimum Gasteiger partial charge on any atom is -0.378 e. The van der Waals surface area contributed by atoms with Crippen molar-refractivity contribution in [3.05, 3.63) is 18.2 Å². The topological polar surface area (TPSA) is 83.6 Å². The number of morpholine rings is 1. The maximum absolute atomic E-state index is 11.9. The molecule has 7 nitrogen and oxygen atoms in total. The summed E-state index contributed by atoms with van der Waals surface area (Å²) in [6, 6.07) is 5.70. The van der Waals surface area contributed by atoms with E-state index in [0.29, 0.717) is 6.54 Å². The molecule has 1 aliphatic rings. The molecule has 1 saturated heterocycles. The summed E-state index contributed by atoms with van der Waals surface area (Å²) in [5, 5.41) is 6.45. The molecule has 0 bridgehead atoms. The standard InChI is InChI=1S/C16H20N4O3S/c1-11(21)17-5-4-15(22)18-12-2-3-13-14(10-12)24-16(19-13)20-6-8-23-9-7-20/h2-3,10H,4-9H2,1H3,(H,17,21)(H,18,22). The molecule has 1 fully saturated rings. The molecule has 128 valence electrons. The number of hydrogen-bond acceptors (Lipinski definition) is 6. The zero-order chi connectivity index (χ0) is 16.9. The van der Waals surface area contributed by atoms with Crippen LogP contribution in [0.15, 0.2) is 18.2 Å². The predicted molar refractivity (Wildman–Crippen MR) is 94.6 cm³/mol. The summed E-state index contributed by atoms with van der Waals surface area (Å²) in [7, 11) is 0. The Morgan fingerprint density at radius 1 is 1.33 bits per heavy atom. The zero-order valence-corrected chi connectivity index (χ0v) is 14.3. The van der Waals surface area contributed by atoms with Gasteiger partial charge in [0.05, 0.1) is 23.4 Å². The third-order valence-corrected chi connectivity index (χ3v) is 4.75. The van der Waals surface area contributed by atoms with E-state index >= 15 is 0 Å². The van der Waals surface area contributed by atoms with Gasteiger partial charge in [-0.1, -0.05) is 11.3 Å². The average Bonchev–Trinajstić information content (AvgIpc) is 2.98. The van der Waals surface area contributed by atoms with E-state index in [1.807, 2.05) is 18.2 Å². The number of aromatic nitrogens is 1. The molecule has 0 aliphatic carbocycles. The summed E-state index contributed by atoms with van der Waals surface area (Å²) in [5.41, 5.74) is 1.67. The van der Waals surface area contributed by atoms with Gasteiger partial charge in [0, 0.05) is 38.7 Å². The highest BCUT2D eigenvalue weighted by Gasteiger charge is 2.15. The Morgan fingerprint density at radius 3 is 2.88 bits per heavy atom. The largest absolute Gasteiger partial charge is 0.378 e. The minimum absolute atomic E-state index is 0.124. The zero-order valence-electron chi connectivity index (χ0n) is 13.5. The van der Waals surface area contributed by atoms with Crippen LogP contribution < -0.4 is 15.5 Å². The molecule has 0 radical (unpaired) electrons. The van der Waals surface area contributed by atoms with Crippen LogP contribution in [0.5, 0.6) is 0 Å². The first-order valence-corrected chi connectivity index (χ1v) is 8.71. The van der Waals surface area contributed by atoms with Crippen molar-refractivity contribution in [1.29, 1.82) is 0 Å². The number of ether oxygens (including phenoxy) is 1. The molecule has 1 aromatic carbocycles. The normalized spacial score (nSPS) is 14.6. The number of nitrogens with zero attached hydrogens (tertiary/aromatic N) is 2. The number of carbonyl (C=O) groups is 2. The first-order chi connectivity index (χ1) is 11.6. The van der Waals surface area contributed by atoms with Gasteiger partial charge in [-0.05, 0) is 18.2 Å². The van der Waals surface area contributed by atoms with Crippen molar-refractivity contribution in [2.45, 2.75) is 13.3 Å². The van der Waals surface area contributed by atoms with Crippen LogP contribution >= 0.6 is 11.3 Å². The van der Waals surface area contributed by atoms with Gasteiger partial charge in [-0.25, -0.2) is 4.98 Å². The third-order valence-electron chi connectivity index (χ3n) is 3.67. The Kier molecular flexibility index (Phi) is 5.27. The molecule has 2 aromatic rings. The lowest BCUT2D eigenvalue weighted by Crippen LogP contribution is -2.36. The van der Waals surface area contributed by atoms with Gasteiger partial charge >= 0.3 is 0 Å².